The number of carbonyl (C=O) groups is 1. The summed E-state index contributed by atoms with van der Waals surface area (Å²) in [5, 5.41) is 3.29. The summed E-state index contributed by atoms with van der Waals surface area (Å²) in [4.78, 5) is 14.4. The Bertz CT molecular complexity index is 239. The van der Waals surface area contributed by atoms with E-state index < -0.39 is 0 Å². The maximum Gasteiger partial charge on any atom is 0.236 e. The molecule has 0 aromatic rings. The molecule has 1 amide bonds. The molecule has 3 heteroatoms. The largest absolute Gasteiger partial charge is 0.338 e. The third-order valence-corrected chi connectivity index (χ3v) is 3.04. The van der Waals surface area contributed by atoms with E-state index in [1.54, 1.807) is 0 Å². The van der Waals surface area contributed by atoms with E-state index in [1.807, 2.05) is 0 Å². The molecule has 0 bridgehead atoms. The molecule has 18 heavy (non-hydrogen) atoms. The van der Waals surface area contributed by atoms with Crippen molar-refractivity contribution >= 4 is 5.91 Å². The summed E-state index contributed by atoms with van der Waals surface area (Å²) in [5.74, 6) is 0.747. The van der Waals surface area contributed by atoms with Crippen LogP contribution < -0.4 is 5.32 Å². The van der Waals surface area contributed by atoms with E-state index in [4.69, 9.17) is 0 Å². The van der Waals surface area contributed by atoms with Gasteiger partial charge in [0.15, 0.2) is 0 Å². The molecule has 1 N–H and O–H groups in total. The average molecular weight is 256 g/mol. The molecule has 0 aliphatic heterocycles. The van der Waals surface area contributed by atoms with Crippen molar-refractivity contribution in [2.24, 2.45) is 5.92 Å². The Balaban J connectivity index is 4.59. The number of nitrogens with zero attached hydrogens (tertiary/aromatic N) is 1. The molecule has 0 aromatic heterocycles. The van der Waals surface area contributed by atoms with Gasteiger partial charge in [0.1, 0.15) is 0 Å². The molecule has 0 heterocycles. The summed E-state index contributed by atoms with van der Waals surface area (Å²) in [5.41, 5.74) is -0.00686. The van der Waals surface area contributed by atoms with Crippen LogP contribution in [0.25, 0.3) is 0 Å². The van der Waals surface area contributed by atoms with Gasteiger partial charge in [-0.15, -0.1) is 0 Å². The molecule has 0 radical (unpaired) electrons. The molecular formula is C15H32N2O. The number of carbonyl (C=O) groups excluding carboxylic acids is 1. The highest BCUT2D eigenvalue weighted by molar-refractivity contribution is 5.78. The number of amides is 1. The van der Waals surface area contributed by atoms with Crippen LogP contribution in [-0.4, -0.2) is 35.5 Å². The minimum absolute atomic E-state index is 0.00686. The highest BCUT2D eigenvalue weighted by Crippen LogP contribution is 2.12. The van der Waals surface area contributed by atoms with Crippen molar-refractivity contribution in [3.05, 3.63) is 0 Å². The van der Waals surface area contributed by atoms with Crippen molar-refractivity contribution in [3.63, 3.8) is 0 Å². The maximum absolute atomic E-state index is 12.3. The zero-order chi connectivity index (χ0) is 14.3. The van der Waals surface area contributed by atoms with Gasteiger partial charge in [0, 0.05) is 18.1 Å². The summed E-state index contributed by atoms with van der Waals surface area (Å²) in [6.07, 6.45) is 2.06. The molecule has 3 nitrogen and oxygen atoms in total. The zero-order valence-electron chi connectivity index (χ0n) is 13.3. The lowest BCUT2D eigenvalue weighted by Crippen LogP contribution is -2.49. The predicted octanol–water partition coefficient (Wildman–Crippen LogP) is 3.05. The van der Waals surface area contributed by atoms with Gasteiger partial charge in [0.2, 0.25) is 5.91 Å². The zero-order valence-corrected chi connectivity index (χ0v) is 13.3. The molecule has 0 rings (SSSR count). The summed E-state index contributed by atoms with van der Waals surface area (Å²) < 4.78 is 0. The minimum atomic E-state index is -0.00686. The first-order valence-electron chi connectivity index (χ1n) is 7.25. The van der Waals surface area contributed by atoms with E-state index in [2.05, 4.69) is 58.7 Å². The normalized spacial score (nSPS) is 12.3. The van der Waals surface area contributed by atoms with Gasteiger partial charge >= 0.3 is 0 Å². The lowest BCUT2D eigenvalue weighted by atomic mass is 10.1. The number of hydrogen-bond acceptors (Lipinski definition) is 2. The summed E-state index contributed by atoms with van der Waals surface area (Å²) in [6.45, 7) is 16.2. The fourth-order valence-corrected chi connectivity index (χ4v) is 2.02. The van der Waals surface area contributed by atoms with Crippen LogP contribution in [0.4, 0.5) is 0 Å². The van der Waals surface area contributed by atoms with E-state index >= 15 is 0 Å². The first kappa shape index (κ1) is 17.4. The van der Waals surface area contributed by atoms with E-state index in [1.165, 1.54) is 0 Å². The van der Waals surface area contributed by atoms with E-state index in [9.17, 15) is 4.79 Å². The third kappa shape index (κ3) is 7.00. The summed E-state index contributed by atoms with van der Waals surface area (Å²) >= 11 is 0. The fourth-order valence-electron chi connectivity index (χ4n) is 2.02. The van der Waals surface area contributed by atoms with Gasteiger partial charge in [-0.3, -0.25) is 4.79 Å². The van der Waals surface area contributed by atoms with Gasteiger partial charge in [0.25, 0.3) is 0 Å². The SMILES string of the molecule is CCC(CC)N(CC(C)C)C(=O)CNC(C)(C)C. The molecule has 0 aliphatic rings. The van der Waals surface area contributed by atoms with Crippen LogP contribution in [-0.2, 0) is 4.79 Å². The van der Waals surface area contributed by atoms with Crippen LogP contribution in [0.3, 0.4) is 0 Å². The molecule has 0 unspecified atom stereocenters. The van der Waals surface area contributed by atoms with E-state index in [0.29, 0.717) is 18.5 Å². The van der Waals surface area contributed by atoms with Gasteiger partial charge in [-0.05, 0) is 39.5 Å². The Morgan fingerprint density at radius 1 is 1.17 bits per heavy atom. The van der Waals surface area contributed by atoms with Crippen molar-refractivity contribution in [1.82, 2.24) is 10.2 Å². The second-order valence-corrected chi connectivity index (χ2v) is 6.51. The average Bonchev–Trinajstić information content (AvgIpc) is 2.24. The van der Waals surface area contributed by atoms with E-state index in [-0.39, 0.29) is 11.4 Å². The van der Waals surface area contributed by atoms with Crippen molar-refractivity contribution < 1.29 is 4.79 Å². The molecule has 108 valence electrons. The second kappa shape index (κ2) is 7.78. The van der Waals surface area contributed by atoms with Crippen LogP contribution in [0.2, 0.25) is 0 Å². The van der Waals surface area contributed by atoms with Gasteiger partial charge < -0.3 is 10.2 Å². The lowest BCUT2D eigenvalue weighted by molar-refractivity contribution is -0.133. The fraction of sp³-hybridized carbons (Fsp3) is 0.933. The Labute approximate surface area is 113 Å². The van der Waals surface area contributed by atoms with Gasteiger partial charge in [-0.1, -0.05) is 27.7 Å². The molecule has 0 aromatic carbocycles. The van der Waals surface area contributed by atoms with E-state index in [0.717, 1.165) is 19.4 Å². The number of rotatable bonds is 7. The Hall–Kier alpha value is -0.570. The summed E-state index contributed by atoms with van der Waals surface area (Å²) in [7, 11) is 0. The number of nitrogens with one attached hydrogen (secondary N) is 1. The minimum Gasteiger partial charge on any atom is -0.338 e. The molecule has 0 aliphatic carbocycles. The topological polar surface area (TPSA) is 32.3 Å². The second-order valence-electron chi connectivity index (χ2n) is 6.51. The quantitative estimate of drug-likeness (QED) is 0.759. The monoisotopic (exact) mass is 256 g/mol. The van der Waals surface area contributed by atoms with Crippen molar-refractivity contribution in [2.45, 2.75) is 72.9 Å². The molecule has 0 fully saturated rings. The lowest BCUT2D eigenvalue weighted by Gasteiger charge is -2.33. The van der Waals surface area contributed by atoms with Gasteiger partial charge in [-0.25, -0.2) is 0 Å². The van der Waals surface area contributed by atoms with Crippen molar-refractivity contribution in [2.75, 3.05) is 13.1 Å². The first-order chi connectivity index (χ1) is 8.21. The molecule has 0 saturated carbocycles. The van der Waals surface area contributed by atoms with Gasteiger partial charge in [0.05, 0.1) is 6.54 Å². The van der Waals surface area contributed by atoms with Gasteiger partial charge in [-0.2, -0.15) is 0 Å². The maximum atomic E-state index is 12.3. The summed E-state index contributed by atoms with van der Waals surface area (Å²) in [6, 6.07) is 0.377. The standard InChI is InChI=1S/C15H32N2O/c1-8-13(9-2)17(11-12(3)4)14(18)10-16-15(5,6)7/h12-13,16H,8-11H2,1-7H3. The smallest absolute Gasteiger partial charge is 0.236 e. The highest BCUT2D eigenvalue weighted by Gasteiger charge is 2.22. The third-order valence-electron chi connectivity index (χ3n) is 3.04. The van der Waals surface area contributed by atoms with Crippen LogP contribution in [0.15, 0.2) is 0 Å². The Morgan fingerprint density at radius 2 is 1.67 bits per heavy atom. The first-order valence-corrected chi connectivity index (χ1v) is 7.25. The molecule has 0 spiro atoms. The number of hydrogen-bond donors (Lipinski definition) is 1. The van der Waals surface area contributed by atoms with Crippen LogP contribution in [0.1, 0.15) is 61.3 Å². The molecular weight excluding hydrogens is 224 g/mol. The van der Waals surface area contributed by atoms with Crippen molar-refractivity contribution in [1.29, 1.82) is 0 Å². The Morgan fingerprint density at radius 3 is 2.00 bits per heavy atom. The van der Waals surface area contributed by atoms with Crippen LogP contribution in [0, 0.1) is 5.92 Å². The molecule has 0 saturated heterocycles. The highest BCUT2D eigenvalue weighted by atomic mass is 16.2. The van der Waals surface area contributed by atoms with Crippen LogP contribution >= 0.6 is 0 Å². The predicted molar refractivity (Wildman–Crippen MR) is 78.7 cm³/mol. The Kier molecular flexibility index (Phi) is 7.53. The molecule has 0 atom stereocenters. The van der Waals surface area contributed by atoms with Crippen molar-refractivity contribution in [3.8, 4) is 0 Å². The van der Waals surface area contributed by atoms with Crippen LogP contribution in [0.5, 0.6) is 0 Å².